The number of hydrogen-bond acceptors (Lipinski definition) is 7. The van der Waals surface area contributed by atoms with Crippen LogP contribution in [0.4, 0.5) is 5.13 Å². The lowest BCUT2D eigenvalue weighted by molar-refractivity contribution is 0.102. The fourth-order valence-electron chi connectivity index (χ4n) is 2.81. The molecular weight excluding hydrogens is 400 g/mol. The third-order valence-electron chi connectivity index (χ3n) is 4.22. The first-order valence-corrected chi connectivity index (χ1v) is 10.8. The van der Waals surface area contributed by atoms with Gasteiger partial charge >= 0.3 is 0 Å². The quantitative estimate of drug-likeness (QED) is 0.550. The highest BCUT2D eigenvalue weighted by molar-refractivity contribution is 7.90. The van der Waals surface area contributed by atoms with E-state index in [2.05, 4.69) is 15.3 Å². The Morgan fingerprint density at radius 2 is 2.00 bits per heavy atom. The van der Waals surface area contributed by atoms with Gasteiger partial charge in [0.2, 0.25) is 0 Å². The average Bonchev–Trinajstić information content (AvgIpc) is 3.05. The molecule has 1 amide bonds. The molecule has 0 bridgehead atoms. The number of fused-ring (bicyclic) bond motifs is 2. The second kappa shape index (κ2) is 6.50. The summed E-state index contributed by atoms with van der Waals surface area (Å²) in [6.07, 6.45) is 2.70. The Hall–Kier alpha value is -3.11. The van der Waals surface area contributed by atoms with Crippen molar-refractivity contribution in [1.82, 2.24) is 14.5 Å². The van der Waals surface area contributed by atoms with Crippen LogP contribution in [0.1, 0.15) is 10.4 Å². The smallest absolute Gasteiger partial charge is 0.264 e. The zero-order chi connectivity index (χ0) is 20.1. The van der Waals surface area contributed by atoms with E-state index in [-0.39, 0.29) is 15.6 Å². The van der Waals surface area contributed by atoms with Gasteiger partial charge in [-0.15, -0.1) is 0 Å². The van der Waals surface area contributed by atoms with Gasteiger partial charge in [0.15, 0.2) is 15.0 Å². The Balaban J connectivity index is 1.72. The third kappa shape index (κ3) is 3.16. The number of amides is 1. The first kappa shape index (κ1) is 18.3. The van der Waals surface area contributed by atoms with Crippen LogP contribution in [0.5, 0.6) is 0 Å². The molecule has 10 heteroatoms. The van der Waals surface area contributed by atoms with Crippen molar-refractivity contribution >= 4 is 53.5 Å². The summed E-state index contributed by atoms with van der Waals surface area (Å²) in [7, 11) is -1.79. The largest absolute Gasteiger partial charge is 0.298 e. The number of aryl methyl sites for hydroxylation is 1. The molecule has 4 rings (SSSR count). The maximum absolute atomic E-state index is 12.7. The Labute approximate surface area is 163 Å². The molecule has 0 radical (unpaired) electrons. The van der Waals surface area contributed by atoms with Crippen LogP contribution >= 0.6 is 11.3 Å². The SMILES string of the molecule is Cn1c(=O)c(C(=O)Nc2nc3ccc(S(C)(=O)=O)cc3s2)cc2cccnc21. The molecule has 0 saturated heterocycles. The first-order chi connectivity index (χ1) is 13.2. The maximum atomic E-state index is 12.7. The molecule has 1 N–H and O–H groups in total. The molecule has 0 atom stereocenters. The number of anilines is 1. The van der Waals surface area contributed by atoms with E-state index < -0.39 is 21.3 Å². The van der Waals surface area contributed by atoms with Crippen LogP contribution in [0.15, 0.2) is 52.3 Å². The van der Waals surface area contributed by atoms with E-state index >= 15 is 0 Å². The fourth-order valence-corrected chi connectivity index (χ4v) is 4.43. The van der Waals surface area contributed by atoms with Crippen molar-refractivity contribution < 1.29 is 13.2 Å². The summed E-state index contributed by atoms with van der Waals surface area (Å²) in [5, 5.41) is 3.56. The molecule has 3 heterocycles. The second-order valence-corrected chi connectivity index (χ2v) is 9.26. The minimum absolute atomic E-state index is 0.0286. The molecular formula is C18H14N4O4S2. The summed E-state index contributed by atoms with van der Waals surface area (Å²) in [4.78, 5) is 33.8. The van der Waals surface area contributed by atoms with Crippen LogP contribution in [0.3, 0.4) is 0 Å². The number of nitrogens with one attached hydrogen (secondary N) is 1. The van der Waals surface area contributed by atoms with Crippen LogP contribution in [0.25, 0.3) is 21.3 Å². The number of carbonyl (C=O) groups excluding carboxylic acids is 1. The van der Waals surface area contributed by atoms with Crippen molar-refractivity contribution in [2.75, 3.05) is 11.6 Å². The summed E-state index contributed by atoms with van der Waals surface area (Å²) in [6, 6.07) is 9.55. The minimum atomic E-state index is -3.34. The molecule has 28 heavy (non-hydrogen) atoms. The Morgan fingerprint density at radius 3 is 2.75 bits per heavy atom. The zero-order valence-corrected chi connectivity index (χ0v) is 16.5. The molecule has 0 unspecified atom stereocenters. The number of pyridine rings is 2. The van der Waals surface area contributed by atoms with Gasteiger partial charge in [-0.2, -0.15) is 0 Å². The number of thiazole rings is 1. The second-order valence-electron chi connectivity index (χ2n) is 6.21. The highest BCUT2D eigenvalue weighted by Crippen LogP contribution is 2.28. The van der Waals surface area contributed by atoms with Crippen molar-refractivity contribution in [3.63, 3.8) is 0 Å². The van der Waals surface area contributed by atoms with E-state index in [0.29, 0.717) is 21.3 Å². The van der Waals surface area contributed by atoms with Crippen molar-refractivity contribution in [3.05, 3.63) is 58.5 Å². The van der Waals surface area contributed by atoms with E-state index in [9.17, 15) is 18.0 Å². The number of rotatable bonds is 3. The summed E-state index contributed by atoms with van der Waals surface area (Å²) in [6.45, 7) is 0. The summed E-state index contributed by atoms with van der Waals surface area (Å²) in [5.74, 6) is -0.589. The lowest BCUT2D eigenvalue weighted by Crippen LogP contribution is -2.28. The van der Waals surface area contributed by atoms with Gasteiger partial charge in [0.1, 0.15) is 11.2 Å². The van der Waals surface area contributed by atoms with Gasteiger partial charge in [0, 0.05) is 24.9 Å². The van der Waals surface area contributed by atoms with Gasteiger partial charge in [0.25, 0.3) is 11.5 Å². The van der Waals surface area contributed by atoms with Crippen LogP contribution in [0, 0.1) is 0 Å². The number of aromatic nitrogens is 3. The fraction of sp³-hybridized carbons (Fsp3) is 0.111. The molecule has 0 aliphatic heterocycles. The predicted octanol–water partition coefficient (Wildman–Crippen LogP) is 2.20. The maximum Gasteiger partial charge on any atom is 0.264 e. The molecule has 0 aliphatic rings. The van der Waals surface area contributed by atoms with Crippen LogP contribution in [0.2, 0.25) is 0 Å². The van der Waals surface area contributed by atoms with Gasteiger partial charge in [-0.1, -0.05) is 11.3 Å². The first-order valence-electron chi connectivity index (χ1n) is 8.11. The molecule has 8 nitrogen and oxygen atoms in total. The summed E-state index contributed by atoms with van der Waals surface area (Å²) < 4.78 is 25.3. The molecule has 1 aromatic carbocycles. The predicted molar refractivity (Wildman–Crippen MR) is 108 cm³/mol. The summed E-state index contributed by atoms with van der Waals surface area (Å²) >= 11 is 1.14. The molecule has 4 aromatic rings. The molecule has 3 aromatic heterocycles. The molecule has 142 valence electrons. The van der Waals surface area contributed by atoms with Crippen LogP contribution in [-0.4, -0.2) is 35.1 Å². The zero-order valence-electron chi connectivity index (χ0n) is 14.8. The monoisotopic (exact) mass is 414 g/mol. The molecule has 0 saturated carbocycles. The topological polar surface area (TPSA) is 111 Å². The van der Waals surface area contributed by atoms with Gasteiger partial charge in [-0.05, 0) is 36.4 Å². The lowest BCUT2D eigenvalue weighted by atomic mass is 10.2. The Bertz CT molecular complexity index is 1420. The minimum Gasteiger partial charge on any atom is -0.298 e. The van der Waals surface area contributed by atoms with E-state index in [0.717, 1.165) is 17.6 Å². The number of carbonyl (C=O) groups is 1. The number of nitrogens with zero attached hydrogens (tertiary/aromatic N) is 3. The van der Waals surface area contributed by atoms with Gasteiger partial charge in [0.05, 0.1) is 15.1 Å². The Kier molecular flexibility index (Phi) is 4.24. The van der Waals surface area contributed by atoms with E-state index in [1.54, 1.807) is 31.4 Å². The van der Waals surface area contributed by atoms with Crippen molar-refractivity contribution in [2.45, 2.75) is 4.90 Å². The van der Waals surface area contributed by atoms with Gasteiger partial charge in [-0.25, -0.2) is 18.4 Å². The molecule has 0 aliphatic carbocycles. The Morgan fingerprint density at radius 1 is 1.21 bits per heavy atom. The highest BCUT2D eigenvalue weighted by atomic mass is 32.2. The van der Waals surface area contributed by atoms with Crippen molar-refractivity contribution in [3.8, 4) is 0 Å². The number of hydrogen-bond donors (Lipinski definition) is 1. The third-order valence-corrected chi connectivity index (χ3v) is 6.27. The highest BCUT2D eigenvalue weighted by Gasteiger charge is 2.17. The normalized spacial score (nSPS) is 11.8. The van der Waals surface area contributed by atoms with Crippen molar-refractivity contribution in [1.29, 1.82) is 0 Å². The number of sulfone groups is 1. The standard InChI is InChI=1S/C18H14N4O4S2/c1-22-15-10(4-3-7-19-15)8-12(17(22)24)16(23)21-18-20-13-6-5-11(28(2,25)26)9-14(13)27-18/h3-9H,1-2H3,(H,20,21,23). The van der Waals surface area contributed by atoms with Crippen molar-refractivity contribution in [2.24, 2.45) is 7.05 Å². The lowest BCUT2D eigenvalue weighted by Gasteiger charge is -2.07. The summed E-state index contributed by atoms with van der Waals surface area (Å²) in [5.41, 5.74) is 0.545. The van der Waals surface area contributed by atoms with E-state index in [4.69, 9.17) is 0 Å². The van der Waals surface area contributed by atoms with Crippen LogP contribution < -0.4 is 10.9 Å². The average molecular weight is 414 g/mol. The number of benzene rings is 1. The van der Waals surface area contributed by atoms with Gasteiger partial charge < -0.3 is 0 Å². The molecule has 0 spiro atoms. The van der Waals surface area contributed by atoms with E-state index in [1.807, 2.05) is 0 Å². The molecule has 0 fully saturated rings. The van der Waals surface area contributed by atoms with Crippen LogP contribution in [-0.2, 0) is 16.9 Å². The van der Waals surface area contributed by atoms with Gasteiger partial charge in [-0.3, -0.25) is 19.5 Å². The van der Waals surface area contributed by atoms with E-state index in [1.165, 1.54) is 22.8 Å².